The van der Waals surface area contributed by atoms with Crippen LogP contribution in [0.3, 0.4) is 0 Å². The van der Waals surface area contributed by atoms with Crippen LogP contribution in [0.4, 0.5) is 4.39 Å². The maximum atomic E-state index is 14.5. The average Bonchev–Trinajstić information content (AvgIpc) is 3.30. The molecule has 198 valence electrons. The third-order valence-corrected chi connectivity index (χ3v) is 7.29. The van der Waals surface area contributed by atoms with Gasteiger partial charge in [0.1, 0.15) is 11.6 Å². The van der Waals surface area contributed by atoms with Crippen LogP contribution in [0.15, 0.2) is 97.1 Å². The minimum atomic E-state index is -0.311. The van der Waals surface area contributed by atoms with Crippen molar-refractivity contribution in [2.45, 2.75) is 38.6 Å². The Morgan fingerprint density at radius 2 is 1.56 bits per heavy atom. The van der Waals surface area contributed by atoms with Crippen LogP contribution in [-0.4, -0.2) is 22.0 Å². The number of amides is 1. The van der Waals surface area contributed by atoms with Crippen LogP contribution >= 0.6 is 11.6 Å². The number of hydrogen-bond acceptors (Lipinski definition) is 2. The molecule has 1 aromatic heterocycles. The molecule has 1 N–H and O–H groups in total. The van der Waals surface area contributed by atoms with E-state index in [2.05, 4.69) is 34.1 Å². The Hall–Kier alpha value is -3.96. The van der Waals surface area contributed by atoms with Crippen LogP contribution in [0.5, 0.6) is 0 Å². The van der Waals surface area contributed by atoms with Gasteiger partial charge in [0, 0.05) is 23.6 Å². The van der Waals surface area contributed by atoms with Crippen LogP contribution in [0.1, 0.15) is 36.2 Å². The minimum Gasteiger partial charge on any atom is -0.356 e. The fourth-order valence-electron chi connectivity index (χ4n) is 4.84. The second-order valence-corrected chi connectivity index (χ2v) is 10.1. The van der Waals surface area contributed by atoms with Gasteiger partial charge in [-0.25, -0.2) is 9.37 Å². The molecule has 4 nitrogen and oxygen atoms in total. The summed E-state index contributed by atoms with van der Waals surface area (Å²) in [5, 5.41) is 3.46. The lowest BCUT2D eigenvalue weighted by Gasteiger charge is -2.12. The predicted molar refractivity (Wildman–Crippen MR) is 156 cm³/mol. The topological polar surface area (TPSA) is 46.9 Å². The van der Waals surface area contributed by atoms with Crippen LogP contribution in [0, 0.1) is 5.82 Å². The molecule has 0 saturated heterocycles. The van der Waals surface area contributed by atoms with E-state index in [1.807, 2.05) is 54.6 Å². The molecule has 0 unspecified atom stereocenters. The summed E-state index contributed by atoms with van der Waals surface area (Å²) in [4.78, 5) is 17.2. The highest BCUT2D eigenvalue weighted by molar-refractivity contribution is 6.31. The molecule has 39 heavy (non-hydrogen) atoms. The first kappa shape index (κ1) is 26.6. The lowest BCUT2D eigenvalue weighted by molar-refractivity contribution is -0.120. The van der Waals surface area contributed by atoms with Gasteiger partial charge in [0.25, 0.3) is 0 Å². The first-order valence-corrected chi connectivity index (χ1v) is 13.7. The number of carbonyl (C=O) groups is 1. The molecule has 1 heterocycles. The van der Waals surface area contributed by atoms with Gasteiger partial charge in [-0.3, -0.25) is 4.79 Å². The number of halogens is 2. The van der Waals surface area contributed by atoms with Gasteiger partial charge >= 0.3 is 0 Å². The standard InChI is InChI=1S/C33H31ClFN3O/c34-28-12-9-13-29(35)27(28)23-38-31-15-7-6-14-30(31)37-32(38)16-5-2-8-21-36-33(39)22-24-17-19-26(20-18-24)25-10-3-1-4-11-25/h1,3-4,6-7,9-15,17-20H,2,5,8,16,21-23H2,(H,36,39). The van der Waals surface area contributed by atoms with Crippen molar-refractivity contribution < 1.29 is 9.18 Å². The van der Waals surface area contributed by atoms with Gasteiger partial charge in [-0.05, 0) is 53.8 Å². The van der Waals surface area contributed by atoms with Crippen LogP contribution in [-0.2, 0) is 24.2 Å². The number of nitrogens with zero attached hydrogens (tertiary/aromatic N) is 2. The smallest absolute Gasteiger partial charge is 0.224 e. The number of rotatable bonds is 11. The van der Waals surface area contributed by atoms with Crippen molar-refractivity contribution in [3.05, 3.63) is 125 Å². The Balaban J connectivity index is 1.10. The molecule has 0 spiro atoms. The molecule has 0 bridgehead atoms. The van der Waals surface area contributed by atoms with Gasteiger partial charge < -0.3 is 9.88 Å². The van der Waals surface area contributed by atoms with Gasteiger partial charge in [0.05, 0.1) is 24.0 Å². The van der Waals surface area contributed by atoms with Gasteiger partial charge in [0.2, 0.25) is 5.91 Å². The normalized spacial score (nSPS) is 11.1. The monoisotopic (exact) mass is 539 g/mol. The SMILES string of the molecule is O=C(Cc1ccc(-c2ccccc2)cc1)NCCCCCc1nc2ccccc2n1Cc1c(F)cccc1Cl. The van der Waals surface area contributed by atoms with Crippen molar-refractivity contribution >= 4 is 28.5 Å². The van der Waals surface area contributed by atoms with Crippen molar-refractivity contribution in [1.82, 2.24) is 14.9 Å². The first-order valence-electron chi connectivity index (χ1n) is 13.4. The van der Waals surface area contributed by atoms with Crippen LogP contribution < -0.4 is 5.32 Å². The van der Waals surface area contributed by atoms with Crippen molar-refractivity contribution in [2.75, 3.05) is 6.54 Å². The van der Waals surface area contributed by atoms with Crippen molar-refractivity contribution in [3.63, 3.8) is 0 Å². The highest BCUT2D eigenvalue weighted by Crippen LogP contribution is 2.25. The predicted octanol–water partition coefficient (Wildman–Crippen LogP) is 7.62. The van der Waals surface area contributed by atoms with E-state index >= 15 is 0 Å². The first-order chi connectivity index (χ1) is 19.1. The molecule has 0 radical (unpaired) electrons. The molecule has 4 aromatic carbocycles. The Morgan fingerprint density at radius 3 is 2.36 bits per heavy atom. The van der Waals surface area contributed by atoms with E-state index in [4.69, 9.17) is 16.6 Å². The van der Waals surface area contributed by atoms with Crippen LogP contribution in [0.25, 0.3) is 22.2 Å². The Kier molecular flexibility index (Phi) is 8.69. The zero-order valence-corrected chi connectivity index (χ0v) is 22.5. The van der Waals surface area contributed by atoms with E-state index in [9.17, 15) is 9.18 Å². The third-order valence-electron chi connectivity index (χ3n) is 6.94. The molecular formula is C33H31ClFN3O. The highest BCUT2D eigenvalue weighted by Gasteiger charge is 2.14. The second kappa shape index (κ2) is 12.7. The van der Waals surface area contributed by atoms with Gasteiger partial charge in [-0.2, -0.15) is 0 Å². The van der Waals surface area contributed by atoms with Gasteiger partial charge in [-0.15, -0.1) is 0 Å². The third kappa shape index (κ3) is 6.73. The van der Waals surface area contributed by atoms with Crippen molar-refractivity contribution in [1.29, 1.82) is 0 Å². The average molecular weight is 540 g/mol. The number of para-hydroxylation sites is 2. The summed E-state index contributed by atoms with van der Waals surface area (Å²) in [6.45, 7) is 0.978. The van der Waals surface area contributed by atoms with E-state index in [0.717, 1.165) is 53.7 Å². The molecule has 0 aliphatic carbocycles. The molecule has 5 aromatic rings. The second-order valence-electron chi connectivity index (χ2n) is 9.70. The lowest BCUT2D eigenvalue weighted by atomic mass is 10.0. The van der Waals surface area contributed by atoms with E-state index < -0.39 is 0 Å². The molecule has 0 aliphatic rings. The van der Waals surface area contributed by atoms with Crippen molar-refractivity contribution in [2.24, 2.45) is 0 Å². The van der Waals surface area contributed by atoms with Gasteiger partial charge in [0.15, 0.2) is 0 Å². The summed E-state index contributed by atoms with van der Waals surface area (Å²) in [5.74, 6) is 0.638. The summed E-state index contributed by atoms with van der Waals surface area (Å²) >= 11 is 6.31. The number of benzene rings is 4. The Bertz CT molecular complexity index is 1530. The molecule has 0 saturated carbocycles. The zero-order valence-electron chi connectivity index (χ0n) is 21.7. The fraction of sp³-hybridized carbons (Fsp3) is 0.212. The Labute approximate surface area is 233 Å². The van der Waals surface area contributed by atoms with E-state index in [0.29, 0.717) is 30.1 Å². The maximum absolute atomic E-state index is 14.5. The largest absolute Gasteiger partial charge is 0.356 e. The Morgan fingerprint density at radius 1 is 0.821 bits per heavy atom. The molecule has 0 aliphatic heterocycles. The number of aryl methyl sites for hydroxylation is 1. The maximum Gasteiger partial charge on any atom is 0.224 e. The molecule has 5 rings (SSSR count). The molecule has 1 amide bonds. The number of unbranched alkanes of at least 4 members (excludes halogenated alkanes) is 2. The van der Waals surface area contributed by atoms with Gasteiger partial charge in [-0.1, -0.05) is 90.8 Å². The summed E-state index contributed by atoms with van der Waals surface area (Å²) in [6.07, 6.45) is 3.90. The number of aromatic nitrogens is 2. The molecule has 6 heteroatoms. The molecular weight excluding hydrogens is 509 g/mol. The number of carbonyl (C=O) groups excluding carboxylic acids is 1. The number of hydrogen-bond donors (Lipinski definition) is 1. The quantitative estimate of drug-likeness (QED) is 0.175. The summed E-state index contributed by atoms with van der Waals surface area (Å²) in [6, 6.07) is 31.0. The van der Waals surface area contributed by atoms with Crippen LogP contribution in [0.2, 0.25) is 5.02 Å². The summed E-state index contributed by atoms with van der Waals surface area (Å²) in [7, 11) is 0. The van der Waals surface area contributed by atoms with E-state index in [-0.39, 0.29) is 11.7 Å². The highest BCUT2D eigenvalue weighted by atomic mass is 35.5. The number of imidazole rings is 1. The summed E-state index contributed by atoms with van der Waals surface area (Å²) < 4.78 is 16.6. The molecule has 0 fully saturated rings. The lowest BCUT2D eigenvalue weighted by Crippen LogP contribution is -2.26. The number of nitrogens with one attached hydrogen (secondary N) is 1. The van der Waals surface area contributed by atoms with E-state index in [1.54, 1.807) is 12.1 Å². The molecule has 0 atom stereocenters. The van der Waals surface area contributed by atoms with Crippen molar-refractivity contribution in [3.8, 4) is 11.1 Å². The summed E-state index contributed by atoms with van der Waals surface area (Å²) in [5.41, 5.74) is 5.65. The zero-order chi connectivity index (χ0) is 27.0. The fourth-order valence-corrected chi connectivity index (χ4v) is 5.06. The number of fused-ring (bicyclic) bond motifs is 1. The van der Waals surface area contributed by atoms with E-state index in [1.165, 1.54) is 11.6 Å². The minimum absolute atomic E-state index is 0.0334.